The van der Waals surface area contributed by atoms with Gasteiger partial charge >= 0.3 is 0 Å². The van der Waals surface area contributed by atoms with Crippen LogP contribution in [0.15, 0.2) is 41.9 Å². The third-order valence-electron chi connectivity index (χ3n) is 4.38. The molecular weight excluding hydrogens is 344 g/mol. The standard InChI is InChI=1S/C20H18N4OS/c1-11-4-5-15(12(2)6-11)20-23-18(10-26-20)19(25)22-16-8-14-9-21-24-17(14)7-13(16)3/h4-10H,1-3H3,(H,21,24)(H,22,25). The molecule has 0 saturated heterocycles. The molecule has 0 bridgehead atoms. The highest BCUT2D eigenvalue weighted by Gasteiger charge is 2.15. The zero-order valence-corrected chi connectivity index (χ0v) is 15.6. The maximum absolute atomic E-state index is 12.6. The Morgan fingerprint density at radius 2 is 1.96 bits per heavy atom. The maximum Gasteiger partial charge on any atom is 0.275 e. The minimum atomic E-state index is -0.205. The number of H-pyrrole nitrogens is 1. The van der Waals surface area contributed by atoms with E-state index in [4.69, 9.17) is 0 Å². The van der Waals surface area contributed by atoms with Crippen molar-refractivity contribution in [3.63, 3.8) is 0 Å². The Labute approximate surface area is 155 Å². The first-order valence-electron chi connectivity index (χ1n) is 8.29. The molecule has 4 aromatic rings. The summed E-state index contributed by atoms with van der Waals surface area (Å²) < 4.78 is 0. The number of aromatic amines is 1. The van der Waals surface area contributed by atoms with Crippen molar-refractivity contribution in [1.82, 2.24) is 15.2 Å². The van der Waals surface area contributed by atoms with Crippen LogP contribution >= 0.6 is 11.3 Å². The molecule has 6 heteroatoms. The Hall–Kier alpha value is -2.99. The number of hydrogen-bond donors (Lipinski definition) is 2. The number of amides is 1. The van der Waals surface area contributed by atoms with E-state index in [2.05, 4.69) is 52.5 Å². The number of hydrogen-bond acceptors (Lipinski definition) is 4. The number of aryl methyl sites for hydroxylation is 3. The van der Waals surface area contributed by atoms with Crippen molar-refractivity contribution < 1.29 is 4.79 Å². The van der Waals surface area contributed by atoms with Crippen LogP contribution in [0.4, 0.5) is 5.69 Å². The summed E-state index contributed by atoms with van der Waals surface area (Å²) in [6, 6.07) is 10.1. The maximum atomic E-state index is 12.6. The topological polar surface area (TPSA) is 70.7 Å². The van der Waals surface area contributed by atoms with Crippen molar-refractivity contribution in [3.8, 4) is 10.6 Å². The summed E-state index contributed by atoms with van der Waals surface area (Å²) in [5.74, 6) is -0.205. The molecule has 0 saturated carbocycles. The van der Waals surface area contributed by atoms with E-state index in [1.165, 1.54) is 16.9 Å². The van der Waals surface area contributed by atoms with Gasteiger partial charge in [-0.15, -0.1) is 11.3 Å². The summed E-state index contributed by atoms with van der Waals surface area (Å²) in [4.78, 5) is 17.2. The number of aromatic nitrogens is 3. The predicted molar refractivity (Wildman–Crippen MR) is 106 cm³/mol. The lowest BCUT2D eigenvalue weighted by Crippen LogP contribution is -2.13. The third kappa shape index (κ3) is 2.99. The van der Waals surface area contributed by atoms with E-state index < -0.39 is 0 Å². The molecule has 2 heterocycles. The highest BCUT2D eigenvalue weighted by atomic mass is 32.1. The fourth-order valence-electron chi connectivity index (χ4n) is 2.98. The summed E-state index contributed by atoms with van der Waals surface area (Å²) in [5, 5.41) is 13.5. The minimum Gasteiger partial charge on any atom is -0.320 e. The van der Waals surface area contributed by atoms with Crippen LogP contribution in [0.2, 0.25) is 0 Å². The molecule has 0 fully saturated rings. The second-order valence-electron chi connectivity index (χ2n) is 6.43. The highest BCUT2D eigenvalue weighted by Crippen LogP contribution is 2.28. The zero-order valence-electron chi connectivity index (χ0n) is 14.8. The van der Waals surface area contributed by atoms with Crippen LogP contribution in [0.3, 0.4) is 0 Å². The molecule has 2 N–H and O–H groups in total. The van der Waals surface area contributed by atoms with Gasteiger partial charge in [0, 0.05) is 22.0 Å². The molecule has 0 radical (unpaired) electrons. The van der Waals surface area contributed by atoms with Crippen LogP contribution < -0.4 is 5.32 Å². The molecule has 0 spiro atoms. The Morgan fingerprint density at radius 3 is 2.77 bits per heavy atom. The van der Waals surface area contributed by atoms with E-state index in [0.29, 0.717) is 5.69 Å². The van der Waals surface area contributed by atoms with E-state index in [9.17, 15) is 4.79 Å². The van der Waals surface area contributed by atoms with Gasteiger partial charge in [0.1, 0.15) is 10.7 Å². The lowest BCUT2D eigenvalue weighted by atomic mass is 10.1. The Kier molecular flexibility index (Phi) is 4.05. The summed E-state index contributed by atoms with van der Waals surface area (Å²) in [6.07, 6.45) is 1.74. The molecule has 2 aromatic carbocycles. The monoisotopic (exact) mass is 362 g/mol. The molecule has 0 atom stereocenters. The van der Waals surface area contributed by atoms with Crippen LogP contribution in [0.5, 0.6) is 0 Å². The lowest BCUT2D eigenvalue weighted by Gasteiger charge is -2.07. The van der Waals surface area contributed by atoms with E-state index in [-0.39, 0.29) is 5.91 Å². The molecule has 0 unspecified atom stereocenters. The molecule has 1 amide bonds. The van der Waals surface area contributed by atoms with Crippen molar-refractivity contribution in [2.24, 2.45) is 0 Å². The lowest BCUT2D eigenvalue weighted by molar-refractivity contribution is 0.102. The molecule has 0 aliphatic rings. The van der Waals surface area contributed by atoms with Gasteiger partial charge in [0.25, 0.3) is 5.91 Å². The Bertz CT molecular complexity index is 1130. The molecule has 130 valence electrons. The van der Waals surface area contributed by atoms with Crippen LogP contribution in [0.25, 0.3) is 21.5 Å². The van der Waals surface area contributed by atoms with Crippen molar-refractivity contribution in [2.75, 3.05) is 5.32 Å². The van der Waals surface area contributed by atoms with Crippen LogP contribution in [0, 0.1) is 20.8 Å². The van der Waals surface area contributed by atoms with Crippen LogP contribution in [0.1, 0.15) is 27.2 Å². The van der Waals surface area contributed by atoms with Gasteiger partial charge in [-0.3, -0.25) is 9.89 Å². The van der Waals surface area contributed by atoms with Gasteiger partial charge in [-0.05, 0) is 44.0 Å². The van der Waals surface area contributed by atoms with Crippen molar-refractivity contribution in [3.05, 3.63) is 64.3 Å². The van der Waals surface area contributed by atoms with Gasteiger partial charge in [0.15, 0.2) is 0 Å². The first-order valence-corrected chi connectivity index (χ1v) is 9.17. The molecular formula is C20H18N4OS. The predicted octanol–water partition coefficient (Wildman–Crippen LogP) is 4.86. The number of carbonyl (C=O) groups is 1. The third-order valence-corrected chi connectivity index (χ3v) is 5.26. The Balaban J connectivity index is 1.60. The van der Waals surface area contributed by atoms with Gasteiger partial charge in [-0.1, -0.05) is 23.8 Å². The SMILES string of the molecule is Cc1ccc(-c2nc(C(=O)Nc3cc4cn[nH]c4cc3C)cs2)c(C)c1. The van der Waals surface area contributed by atoms with Gasteiger partial charge in [-0.25, -0.2) is 4.98 Å². The van der Waals surface area contributed by atoms with E-state index in [1.54, 1.807) is 11.6 Å². The molecule has 0 aliphatic heterocycles. The average molecular weight is 362 g/mol. The Morgan fingerprint density at radius 1 is 1.12 bits per heavy atom. The smallest absolute Gasteiger partial charge is 0.275 e. The average Bonchev–Trinajstić information content (AvgIpc) is 3.24. The number of nitrogens with zero attached hydrogens (tertiary/aromatic N) is 2. The van der Waals surface area contributed by atoms with Gasteiger partial charge in [-0.2, -0.15) is 5.10 Å². The zero-order chi connectivity index (χ0) is 18.3. The molecule has 26 heavy (non-hydrogen) atoms. The molecule has 2 aromatic heterocycles. The normalized spacial score (nSPS) is 11.0. The fraction of sp³-hybridized carbons (Fsp3) is 0.150. The molecule has 5 nitrogen and oxygen atoms in total. The number of anilines is 1. The number of thiazole rings is 1. The van der Waals surface area contributed by atoms with Crippen LogP contribution in [-0.2, 0) is 0 Å². The van der Waals surface area contributed by atoms with Crippen LogP contribution in [-0.4, -0.2) is 21.1 Å². The fourth-order valence-corrected chi connectivity index (χ4v) is 3.87. The van der Waals surface area contributed by atoms with E-state index in [0.717, 1.165) is 38.3 Å². The number of carbonyl (C=O) groups excluding carboxylic acids is 1. The van der Waals surface area contributed by atoms with Crippen molar-refractivity contribution in [1.29, 1.82) is 0 Å². The summed E-state index contributed by atoms with van der Waals surface area (Å²) in [6.45, 7) is 6.09. The number of rotatable bonds is 3. The molecule has 0 aliphatic carbocycles. The van der Waals surface area contributed by atoms with Crippen molar-refractivity contribution >= 4 is 33.8 Å². The second-order valence-corrected chi connectivity index (χ2v) is 7.29. The summed E-state index contributed by atoms with van der Waals surface area (Å²) in [7, 11) is 0. The van der Waals surface area contributed by atoms with Gasteiger partial charge < -0.3 is 5.32 Å². The summed E-state index contributed by atoms with van der Waals surface area (Å²) >= 11 is 1.48. The molecule has 4 rings (SSSR count). The van der Waals surface area contributed by atoms with E-state index in [1.807, 2.05) is 19.1 Å². The minimum absolute atomic E-state index is 0.205. The number of fused-ring (bicyclic) bond motifs is 1. The number of benzene rings is 2. The van der Waals surface area contributed by atoms with Crippen molar-refractivity contribution in [2.45, 2.75) is 20.8 Å². The van der Waals surface area contributed by atoms with Gasteiger partial charge in [0.2, 0.25) is 0 Å². The largest absolute Gasteiger partial charge is 0.320 e. The van der Waals surface area contributed by atoms with Gasteiger partial charge in [0.05, 0.1) is 11.7 Å². The second kappa shape index (κ2) is 6.38. The number of nitrogens with one attached hydrogen (secondary N) is 2. The quantitative estimate of drug-likeness (QED) is 0.546. The first kappa shape index (κ1) is 16.5. The highest BCUT2D eigenvalue weighted by molar-refractivity contribution is 7.13. The summed E-state index contributed by atoms with van der Waals surface area (Å²) in [5.41, 5.74) is 6.56. The first-order chi connectivity index (χ1) is 12.5. The van der Waals surface area contributed by atoms with E-state index >= 15 is 0 Å².